The van der Waals surface area contributed by atoms with Crippen LogP contribution in [-0.4, -0.2) is 25.3 Å². The molecule has 3 rings (SSSR count). The molecule has 0 amide bonds. The Morgan fingerprint density at radius 2 is 1.62 bits per heavy atom. The maximum absolute atomic E-state index is 12.8. The van der Waals surface area contributed by atoms with E-state index in [0.29, 0.717) is 0 Å². The van der Waals surface area contributed by atoms with Crippen LogP contribution in [0.4, 0.5) is 0 Å². The lowest BCUT2D eigenvalue weighted by atomic mass is 9.85. The van der Waals surface area contributed by atoms with Crippen LogP contribution in [0.2, 0.25) is 0 Å². The minimum Gasteiger partial charge on any atom is -0.478 e. The molecule has 0 bridgehead atoms. The predicted octanol–water partition coefficient (Wildman–Crippen LogP) is 3.06. The number of carbonyl (C=O) groups excluding carboxylic acids is 1. The van der Waals surface area contributed by atoms with Crippen LogP contribution in [0.25, 0.3) is 0 Å². The van der Waals surface area contributed by atoms with Crippen molar-refractivity contribution in [3.8, 4) is 0 Å². The number of sulfone groups is 1. The SMILES string of the molecule is CC(C)(C)c1ccc2c(c1)C(=O)c1ccc(C(=O)O)cc1S2(=O)=O. The fourth-order valence-electron chi connectivity index (χ4n) is 2.74. The number of carboxylic acid groups (broad SMARTS) is 1. The third kappa shape index (κ3) is 2.34. The van der Waals surface area contributed by atoms with Gasteiger partial charge in [-0.25, -0.2) is 13.2 Å². The van der Waals surface area contributed by atoms with Gasteiger partial charge in [0.25, 0.3) is 0 Å². The Morgan fingerprint density at radius 1 is 0.958 bits per heavy atom. The van der Waals surface area contributed by atoms with Gasteiger partial charge in [-0.15, -0.1) is 0 Å². The monoisotopic (exact) mass is 344 g/mol. The van der Waals surface area contributed by atoms with E-state index in [2.05, 4.69) is 0 Å². The first kappa shape index (κ1) is 16.4. The van der Waals surface area contributed by atoms with Gasteiger partial charge in [-0.05, 0) is 41.3 Å². The number of aromatic carboxylic acids is 1. The summed E-state index contributed by atoms with van der Waals surface area (Å²) >= 11 is 0. The summed E-state index contributed by atoms with van der Waals surface area (Å²) in [6.45, 7) is 5.93. The van der Waals surface area contributed by atoms with Crippen molar-refractivity contribution in [3.05, 3.63) is 58.7 Å². The second kappa shape index (κ2) is 5.01. The van der Waals surface area contributed by atoms with Crippen molar-refractivity contribution in [3.63, 3.8) is 0 Å². The third-order valence-corrected chi connectivity index (χ3v) is 5.99. The first-order valence-corrected chi connectivity index (χ1v) is 8.83. The summed E-state index contributed by atoms with van der Waals surface area (Å²) < 4.78 is 25.7. The number of rotatable bonds is 1. The fourth-order valence-corrected chi connectivity index (χ4v) is 4.39. The highest BCUT2D eigenvalue weighted by Crippen LogP contribution is 2.37. The summed E-state index contributed by atoms with van der Waals surface area (Å²) in [7, 11) is -3.94. The molecule has 0 fully saturated rings. The summed E-state index contributed by atoms with van der Waals surface area (Å²) in [5.41, 5.74) is 0.610. The number of carbonyl (C=O) groups is 2. The van der Waals surface area contributed by atoms with E-state index in [1.165, 1.54) is 18.2 Å². The van der Waals surface area contributed by atoms with Gasteiger partial charge in [-0.3, -0.25) is 4.79 Å². The van der Waals surface area contributed by atoms with Gasteiger partial charge in [0.2, 0.25) is 9.84 Å². The molecule has 5 nitrogen and oxygen atoms in total. The number of benzene rings is 2. The molecule has 24 heavy (non-hydrogen) atoms. The first-order chi connectivity index (χ1) is 11.0. The van der Waals surface area contributed by atoms with Crippen LogP contribution in [-0.2, 0) is 15.3 Å². The van der Waals surface area contributed by atoms with Crippen molar-refractivity contribution in [2.24, 2.45) is 0 Å². The second-order valence-electron chi connectivity index (χ2n) is 6.81. The Kier molecular flexibility index (Phi) is 3.42. The Labute approximate surface area is 139 Å². The second-order valence-corrected chi connectivity index (χ2v) is 8.70. The molecule has 124 valence electrons. The Balaban J connectivity index is 2.30. The first-order valence-electron chi connectivity index (χ1n) is 7.35. The maximum atomic E-state index is 12.8. The molecule has 0 aliphatic carbocycles. The highest BCUT2D eigenvalue weighted by atomic mass is 32.2. The summed E-state index contributed by atoms with van der Waals surface area (Å²) in [6.07, 6.45) is 0. The van der Waals surface area contributed by atoms with Gasteiger partial charge in [0.1, 0.15) is 0 Å². The van der Waals surface area contributed by atoms with E-state index in [1.54, 1.807) is 12.1 Å². The van der Waals surface area contributed by atoms with Crippen LogP contribution in [0.3, 0.4) is 0 Å². The number of fused-ring (bicyclic) bond motifs is 2. The third-order valence-electron chi connectivity index (χ3n) is 4.14. The Bertz CT molecular complexity index is 995. The normalized spacial score (nSPS) is 15.5. The molecule has 0 spiro atoms. The van der Waals surface area contributed by atoms with Crippen LogP contribution in [0.15, 0.2) is 46.2 Å². The van der Waals surface area contributed by atoms with E-state index < -0.39 is 21.6 Å². The lowest BCUT2D eigenvalue weighted by Crippen LogP contribution is -2.22. The molecule has 0 unspecified atom stereocenters. The smallest absolute Gasteiger partial charge is 0.335 e. The number of hydrogen-bond donors (Lipinski definition) is 1. The van der Waals surface area contributed by atoms with Gasteiger partial charge in [0.05, 0.1) is 15.4 Å². The quantitative estimate of drug-likeness (QED) is 0.733. The van der Waals surface area contributed by atoms with Crippen molar-refractivity contribution in [1.82, 2.24) is 0 Å². The van der Waals surface area contributed by atoms with Crippen LogP contribution >= 0.6 is 0 Å². The lowest BCUT2D eigenvalue weighted by Gasteiger charge is -2.24. The van der Waals surface area contributed by atoms with Crippen molar-refractivity contribution in [2.45, 2.75) is 36.0 Å². The molecule has 0 aromatic heterocycles. The lowest BCUT2D eigenvalue weighted by molar-refractivity contribution is 0.0696. The minimum absolute atomic E-state index is 0.0126. The van der Waals surface area contributed by atoms with Gasteiger partial charge in [-0.2, -0.15) is 0 Å². The van der Waals surface area contributed by atoms with Gasteiger partial charge >= 0.3 is 5.97 Å². The van der Waals surface area contributed by atoms with Gasteiger partial charge in [-0.1, -0.05) is 26.8 Å². The molecule has 1 aliphatic heterocycles. The maximum Gasteiger partial charge on any atom is 0.335 e. The summed E-state index contributed by atoms with van der Waals surface area (Å²) in [6, 6.07) is 8.29. The molecule has 2 aromatic carbocycles. The van der Waals surface area contributed by atoms with E-state index >= 15 is 0 Å². The topological polar surface area (TPSA) is 88.5 Å². The average molecular weight is 344 g/mol. The molecule has 0 saturated carbocycles. The van der Waals surface area contributed by atoms with Gasteiger partial charge < -0.3 is 5.11 Å². The van der Waals surface area contributed by atoms with Gasteiger partial charge in [0.15, 0.2) is 5.78 Å². The molecule has 1 aliphatic rings. The van der Waals surface area contributed by atoms with Crippen LogP contribution in [0.5, 0.6) is 0 Å². The van der Waals surface area contributed by atoms with Crippen molar-refractivity contribution < 1.29 is 23.1 Å². The Hall–Kier alpha value is -2.47. The van der Waals surface area contributed by atoms with E-state index in [0.717, 1.165) is 11.6 Å². The standard InChI is InChI=1S/C18H16O5S/c1-18(2,3)11-5-7-14-13(9-11)16(19)12-6-4-10(17(20)21)8-15(12)24(14,22)23/h4-9H,1-3H3,(H,20,21). The number of carboxylic acids is 1. The van der Waals surface area contributed by atoms with Crippen LogP contribution in [0, 0.1) is 0 Å². The molecule has 1 N–H and O–H groups in total. The van der Waals surface area contributed by atoms with Crippen LogP contribution in [0.1, 0.15) is 52.6 Å². The van der Waals surface area contributed by atoms with Crippen molar-refractivity contribution >= 4 is 21.6 Å². The molecular formula is C18H16O5S. The van der Waals surface area contributed by atoms with E-state index in [-0.39, 0.29) is 31.9 Å². The zero-order valence-corrected chi connectivity index (χ0v) is 14.3. The number of hydrogen-bond acceptors (Lipinski definition) is 4. The van der Waals surface area contributed by atoms with Crippen LogP contribution < -0.4 is 0 Å². The molecule has 0 saturated heterocycles. The molecule has 1 heterocycles. The molecule has 0 radical (unpaired) electrons. The summed E-state index contributed by atoms with van der Waals surface area (Å²) in [5, 5.41) is 9.06. The molecule has 0 atom stereocenters. The summed E-state index contributed by atoms with van der Waals surface area (Å²) in [4.78, 5) is 23.5. The van der Waals surface area contributed by atoms with Crippen molar-refractivity contribution in [2.75, 3.05) is 0 Å². The highest BCUT2D eigenvalue weighted by molar-refractivity contribution is 7.91. The largest absolute Gasteiger partial charge is 0.478 e. The average Bonchev–Trinajstić information content (AvgIpc) is 2.51. The summed E-state index contributed by atoms with van der Waals surface area (Å²) in [5.74, 6) is -1.65. The minimum atomic E-state index is -3.94. The van der Waals surface area contributed by atoms with E-state index in [4.69, 9.17) is 5.11 Å². The predicted molar refractivity (Wildman–Crippen MR) is 87.4 cm³/mol. The zero-order valence-electron chi connectivity index (χ0n) is 13.5. The highest BCUT2D eigenvalue weighted by Gasteiger charge is 2.36. The van der Waals surface area contributed by atoms with Gasteiger partial charge in [0, 0.05) is 11.1 Å². The molecule has 2 aromatic rings. The fraction of sp³-hybridized carbons (Fsp3) is 0.222. The van der Waals surface area contributed by atoms with Crippen molar-refractivity contribution in [1.29, 1.82) is 0 Å². The molecule has 6 heteroatoms. The Morgan fingerprint density at radius 3 is 2.21 bits per heavy atom. The van der Waals surface area contributed by atoms with E-state index in [1.807, 2.05) is 20.8 Å². The molecular weight excluding hydrogens is 328 g/mol. The van der Waals surface area contributed by atoms with E-state index in [9.17, 15) is 18.0 Å². The number of ketones is 1. The zero-order chi connectivity index (χ0) is 17.9.